The Labute approximate surface area is 145 Å². The first-order chi connectivity index (χ1) is 10.9. The monoisotopic (exact) mass is 376 g/mol. The van der Waals surface area contributed by atoms with Gasteiger partial charge < -0.3 is 0 Å². The van der Waals surface area contributed by atoms with Gasteiger partial charge in [0, 0.05) is 0 Å². The van der Waals surface area contributed by atoms with E-state index in [1.807, 2.05) is 6.07 Å². The third-order valence-electron chi connectivity index (χ3n) is 3.60. The van der Waals surface area contributed by atoms with Crippen molar-refractivity contribution in [2.75, 3.05) is 0 Å². The van der Waals surface area contributed by atoms with Crippen LogP contribution in [0.3, 0.4) is 0 Å². The molecule has 0 fully saturated rings. The van der Waals surface area contributed by atoms with E-state index in [0.29, 0.717) is 0 Å². The van der Waals surface area contributed by atoms with Crippen LogP contribution in [-0.2, 0) is 14.9 Å². The third-order valence-corrected chi connectivity index (χ3v) is 5.86. The Bertz CT molecular complexity index is 627. The summed E-state index contributed by atoms with van der Waals surface area (Å²) in [4.78, 5) is 11.4. The van der Waals surface area contributed by atoms with Crippen LogP contribution in [0, 0.1) is 0 Å². The Morgan fingerprint density at radius 3 is 2.17 bits per heavy atom. The van der Waals surface area contributed by atoms with Gasteiger partial charge in [-0.25, -0.2) is 0 Å². The number of carbonyl (C=O) groups excluding carboxylic acids is 1. The fourth-order valence-corrected chi connectivity index (χ4v) is 4.29. The van der Waals surface area contributed by atoms with E-state index in [0.717, 1.165) is 10.9 Å². The Balaban J connectivity index is 2.12. The van der Waals surface area contributed by atoms with Crippen LogP contribution >= 0.6 is 0 Å². The molecular weight excluding hydrogens is 351 g/mol. The predicted molar refractivity (Wildman–Crippen MR) is 96.3 cm³/mol. The van der Waals surface area contributed by atoms with Crippen molar-refractivity contribution in [1.82, 2.24) is 0 Å². The second-order valence-corrected chi connectivity index (χ2v) is 8.89. The van der Waals surface area contributed by atoms with Crippen LogP contribution in [-0.4, -0.2) is 20.9 Å². The summed E-state index contributed by atoms with van der Waals surface area (Å²) in [5, 5.41) is 0.853. The molecular formula is C20H24O2Se. The van der Waals surface area contributed by atoms with Crippen molar-refractivity contribution in [3.8, 4) is 0 Å². The molecule has 0 heterocycles. The van der Waals surface area contributed by atoms with Gasteiger partial charge in [0.2, 0.25) is 0 Å². The maximum atomic E-state index is 11.4. The quantitative estimate of drug-likeness (QED) is 0.583. The van der Waals surface area contributed by atoms with Gasteiger partial charge in [0.25, 0.3) is 0 Å². The van der Waals surface area contributed by atoms with Crippen LogP contribution in [0.2, 0.25) is 5.32 Å². The molecule has 0 N–H and O–H groups in total. The van der Waals surface area contributed by atoms with Gasteiger partial charge in [0.05, 0.1) is 0 Å². The fourth-order valence-electron chi connectivity index (χ4n) is 2.29. The minimum atomic E-state index is -0.223. The van der Waals surface area contributed by atoms with E-state index in [-0.39, 0.29) is 32.4 Å². The van der Waals surface area contributed by atoms with E-state index in [4.69, 9.17) is 4.74 Å². The van der Waals surface area contributed by atoms with Crippen molar-refractivity contribution >= 4 is 25.4 Å². The number of hydrogen-bond donors (Lipinski definition) is 0. The average molecular weight is 375 g/mol. The summed E-state index contributed by atoms with van der Waals surface area (Å²) in [7, 11) is 0. The van der Waals surface area contributed by atoms with Gasteiger partial charge in [-0.3, -0.25) is 0 Å². The van der Waals surface area contributed by atoms with E-state index in [1.165, 1.54) is 16.9 Å². The predicted octanol–water partition coefficient (Wildman–Crippen LogP) is 4.04. The van der Waals surface area contributed by atoms with Gasteiger partial charge in [-0.15, -0.1) is 0 Å². The van der Waals surface area contributed by atoms with Gasteiger partial charge in [-0.2, -0.15) is 0 Å². The van der Waals surface area contributed by atoms with Crippen molar-refractivity contribution in [2.24, 2.45) is 0 Å². The third kappa shape index (κ3) is 5.53. The molecule has 0 aromatic heterocycles. The minimum absolute atomic E-state index is 0.128. The van der Waals surface area contributed by atoms with Gasteiger partial charge in [0.15, 0.2) is 0 Å². The molecule has 0 aliphatic rings. The van der Waals surface area contributed by atoms with E-state index in [9.17, 15) is 4.79 Å². The first-order valence-electron chi connectivity index (χ1n) is 7.82. The Kier molecular flexibility index (Phi) is 6.03. The van der Waals surface area contributed by atoms with Gasteiger partial charge in [0.1, 0.15) is 0 Å². The molecule has 0 bridgehead atoms. The summed E-state index contributed by atoms with van der Waals surface area (Å²) < 4.78 is 6.88. The second-order valence-electron chi connectivity index (χ2n) is 6.59. The first kappa shape index (κ1) is 17.8. The zero-order valence-corrected chi connectivity index (χ0v) is 15.9. The van der Waals surface area contributed by atoms with Crippen molar-refractivity contribution in [2.45, 2.75) is 44.5 Å². The first-order valence-corrected chi connectivity index (χ1v) is 9.88. The van der Waals surface area contributed by atoms with Crippen LogP contribution in [0.25, 0.3) is 0 Å². The summed E-state index contributed by atoms with van der Waals surface area (Å²) in [6.07, 6.45) is -0.165. The molecule has 3 heteroatoms. The maximum absolute atomic E-state index is 11.4. The second kappa shape index (κ2) is 7.81. The summed E-state index contributed by atoms with van der Waals surface area (Å²) in [5.74, 6) is -0.223. The molecule has 1 unspecified atom stereocenters. The number of hydrogen-bond acceptors (Lipinski definition) is 2. The standard InChI is InChI=1S/C20H24O2Se/c1-15(21)22-19(14-23-18-8-6-5-7-9-18)16-10-12-17(13-11-16)20(2,3)4/h5-13,19H,14H2,1-4H3. The molecule has 0 radical (unpaired) electrons. The zero-order valence-electron chi connectivity index (χ0n) is 14.2. The zero-order chi connectivity index (χ0) is 16.9. The number of esters is 1. The van der Waals surface area contributed by atoms with Crippen molar-refractivity contribution in [3.05, 3.63) is 65.7 Å². The van der Waals surface area contributed by atoms with Gasteiger partial charge >= 0.3 is 145 Å². The number of carbonyl (C=O) groups is 1. The number of ether oxygens (including phenoxy) is 1. The van der Waals surface area contributed by atoms with Crippen LogP contribution in [0.1, 0.15) is 44.9 Å². The molecule has 2 aromatic rings. The Morgan fingerprint density at radius 1 is 1.04 bits per heavy atom. The summed E-state index contributed by atoms with van der Waals surface area (Å²) in [5.41, 5.74) is 2.49. The molecule has 0 saturated carbocycles. The molecule has 0 saturated heterocycles. The molecule has 2 nitrogen and oxygen atoms in total. The molecule has 0 aliphatic carbocycles. The van der Waals surface area contributed by atoms with E-state index in [1.54, 1.807) is 0 Å². The van der Waals surface area contributed by atoms with Crippen LogP contribution in [0.15, 0.2) is 54.6 Å². The molecule has 23 heavy (non-hydrogen) atoms. The average Bonchev–Trinajstić information content (AvgIpc) is 2.51. The number of rotatable bonds is 5. The number of benzene rings is 2. The van der Waals surface area contributed by atoms with Crippen molar-refractivity contribution in [3.63, 3.8) is 0 Å². The molecule has 2 aromatic carbocycles. The summed E-state index contributed by atoms with van der Waals surface area (Å²) in [6.45, 7) is 8.07. The molecule has 2 rings (SSSR count). The topological polar surface area (TPSA) is 26.3 Å². The molecule has 0 amide bonds. The summed E-state index contributed by atoms with van der Waals surface area (Å²) >= 11 is 0.282. The molecule has 0 spiro atoms. The normalized spacial score (nSPS) is 12.7. The Morgan fingerprint density at radius 2 is 1.65 bits per heavy atom. The van der Waals surface area contributed by atoms with Crippen molar-refractivity contribution in [1.29, 1.82) is 0 Å². The molecule has 1 atom stereocenters. The van der Waals surface area contributed by atoms with Gasteiger partial charge in [-0.1, -0.05) is 0 Å². The van der Waals surface area contributed by atoms with E-state index in [2.05, 4.69) is 69.3 Å². The van der Waals surface area contributed by atoms with Crippen LogP contribution in [0.4, 0.5) is 0 Å². The summed E-state index contributed by atoms with van der Waals surface area (Å²) in [6, 6.07) is 18.9. The van der Waals surface area contributed by atoms with E-state index < -0.39 is 0 Å². The molecule has 0 aliphatic heterocycles. The molecule has 122 valence electrons. The fraction of sp³-hybridized carbons (Fsp3) is 0.350. The Hall–Kier alpha value is -1.57. The van der Waals surface area contributed by atoms with Crippen LogP contribution < -0.4 is 4.46 Å². The van der Waals surface area contributed by atoms with Crippen molar-refractivity contribution < 1.29 is 9.53 Å². The van der Waals surface area contributed by atoms with E-state index >= 15 is 0 Å². The SMILES string of the molecule is CC(=O)OC(C[Se]c1ccccc1)c1ccc(C(C)(C)C)cc1. The van der Waals surface area contributed by atoms with Gasteiger partial charge in [-0.05, 0) is 0 Å². The van der Waals surface area contributed by atoms with Crippen LogP contribution in [0.5, 0.6) is 0 Å².